The van der Waals surface area contributed by atoms with Gasteiger partial charge in [-0.05, 0) is 116 Å². The highest BCUT2D eigenvalue weighted by Crippen LogP contribution is 2.40. The smallest absolute Gasteiger partial charge is 0.416 e. The van der Waals surface area contributed by atoms with Crippen LogP contribution in [0.25, 0.3) is 0 Å². The minimum Gasteiger partial charge on any atom is -0.465 e. The SMILES string of the molecule is CCC(C)(C)COC(=O)C1CCC(C(F)(F)F)CC1.CCC(C)(C)COC(=O)CCc1ccc(C(F)(F)F)cc1.CCC(C)(C)COC(C)=O.CCC(C)(C)COC(C)=O.CCC(C)(C)COCC(C)=O.CF.FC(F)(F)c1ccccc1.FC(F)(F)c1ccccc1.FC(F)(F)c1ccccc1. The zero-order chi connectivity index (χ0) is 80.9. The number of ether oxygens (including phenoxy) is 5. The van der Waals surface area contributed by atoms with Crippen molar-refractivity contribution in [3.05, 3.63) is 143 Å². The maximum atomic E-state index is 12.5. The molecular weight excluding hydrogens is 1390 g/mol. The van der Waals surface area contributed by atoms with E-state index in [1.807, 2.05) is 41.5 Å². The maximum absolute atomic E-state index is 12.5. The van der Waals surface area contributed by atoms with E-state index >= 15 is 0 Å². The second kappa shape index (κ2) is 49.9. The van der Waals surface area contributed by atoms with Crippen LogP contribution in [-0.2, 0) is 78.8 Å². The van der Waals surface area contributed by atoms with Crippen molar-refractivity contribution < 1.29 is 118 Å². The molecule has 1 aliphatic rings. The van der Waals surface area contributed by atoms with Gasteiger partial charge in [-0.2, -0.15) is 65.9 Å². The Hall–Kier alpha value is -6.73. The van der Waals surface area contributed by atoms with E-state index in [0.29, 0.717) is 52.2 Å². The normalized spacial score (nSPS) is 14.0. The van der Waals surface area contributed by atoms with Crippen LogP contribution in [0.2, 0.25) is 0 Å². The Morgan fingerprint density at radius 2 is 0.641 bits per heavy atom. The zero-order valence-electron chi connectivity index (χ0n) is 63.3. The molecule has 0 unspecified atom stereocenters. The van der Waals surface area contributed by atoms with Crippen molar-refractivity contribution in [2.45, 2.75) is 226 Å². The third-order valence-corrected chi connectivity index (χ3v) is 15.9. The highest BCUT2D eigenvalue weighted by atomic mass is 19.4. The summed E-state index contributed by atoms with van der Waals surface area (Å²) in [6.07, 6.45) is -14.9. The molecule has 0 radical (unpaired) electrons. The summed E-state index contributed by atoms with van der Waals surface area (Å²) >= 11 is 0. The van der Waals surface area contributed by atoms with Gasteiger partial charge in [0, 0.05) is 20.3 Å². The molecule has 1 aliphatic carbocycles. The molecule has 0 spiro atoms. The average Bonchev–Trinajstić information content (AvgIpc) is 0.862. The minimum absolute atomic E-state index is 0.0421. The highest BCUT2D eigenvalue weighted by molar-refractivity contribution is 5.76. The molecule has 0 saturated heterocycles. The number of esters is 4. The van der Waals surface area contributed by atoms with Gasteiger partial charge < -0.3 is 23.7 Å². The number of hydrogen-bond donors (Lipinski definition) is 0. The molecule has 0 heterocycles. The van der Waals surface area contributed by atoms with Crippen molar-refractivity contribution >= 4 is 29.7 Å². The van der Waals surface area contributed by atoms with E-state index in [1.54, 1.807) is 25.1 Å². The molecule has 10 nitrogen and oxygen atoms in total. The number of benzene rings is 4. The number of halogens is 16. The number of hydrogen-bond acceptors (Lipinski definition) is 10. The Bertz CT molecular complexity index is 2730. The fourth-order valence-corrected chi connectivity index (χ4v) is 6.95. The van der Waals surface area contributed by atoms with Crippen molar-refractivity contribution in [3.8, 4) is 0 Å². The largest absolute Gasteiger partial charge is 0.465 e. The summed E-state index contributed by atoms with van der Waals surface area (Å²) in [5.41, 5.74) is -1.46. The molecule has 1 fully saturated rings. The molecule has 0 atom stereocenters. The Balaban J connectivity index is -0.000000553. The topological polar surface area (TPSA) is 132 Å². The summed E-state index contributed by atoms with van der Waals surface area (Å²) in [6.45, 7) is 38.0. The predicted molar refractivity (Wildman–Crippen MR) is 370 cm³/mol. The summed E-state index contributed by atoms with van der Waals surface area (Å²) in [6, 6.07) is 23.9. The van der Waals surface area contributed by atoms with Crippen LogP contribution in [0.3, 0.4) is 0 Å². The monoisotopic (exact) mass is 1500 g/mol. The van der Waals surface area contributed by atoms with E-state index < -0.39 is 59.1 Å². The number of Topliss-reactive ketones (excluding diaryl/α,β-unsaturated/α-hetero) is 1. The molecule has 1 saturated carbocycles. The second-order valence-corrected chi connectivity index (χ2v) is 28.0. The van der Waals surface area contributed by atoms with Crippen LogP contribution in [0.15, 0.2) is 115 Å². The number of ketones is 1. The lowest BCUT2D eigenvalue weighted by Gasteiger charge is -2.29. The molecule has 0 bridgehead atoms. The van der Waals surface area contributed by atoms with Gasteiger partial charge in [0.1, 0.15) is 6.61 Å². The van der Waals surface area contributed by atoms with Gasteiger partial charge in [0.05, 0.1) is 74.3 Å². The van der Waals surface area contributed by atoms with Gasteiger partial charge in [0.15, 0.2) is 5.78 Å². The molecule has 5 rings (SSSR count). The van der Waals surface area contributed by atoms with E-state index in [2.05, 4.69) is 62.3 Å². The number of carbonyl (C=O) groups excluding carboxylic acids is 5. The van der Waals surface area contributed by atoms with E-state index in [4.69, 9.17) is 23.7 Å². The Kier molecular flexibility index (Phi) is 49.7. The minimum atomic E-state index is -4.33. The van der Waals surface area contributed by atoms with Gasteiger partial charge in [0.2, 0.25) is 0 Å². The van der Waals surface area contributed by atoms with Crippen molar-refractivity contribution in [3.63, 3.8) is 0 Å². The molecule has 0 amide bonds. The summed E-state index contributed by atoms with van der Waals surface area (Å²) in [5.74, 6) is -2.55. The third kappa shape index (κ3) is 55.4. The zero-order valence-corrected chi connectivity index (χ0v) is 63.3. The summed E-state index contributed by atoms with van der Waals surface area (Å²) in [7, 11) is 0.500. The lowest BCUT2D eigenvalue weighted by Crippen LogP contribution is -2.32. The van der Waals surface area contributed by atoms with Crippen molar-refractivity contribution in [1.82, 2.24) is 0 Å². The molecular formula is C77H112F16O10. The van der Waals surface area contributed by atoms with Crippen molar-refractivity contribution in [2.75, 3.05) is 46.8 Å². The summed E-state index contributed by atoms with van der Waals surface area (Å²) < 4.78 is 216. The Morgan fingerprint density at radius 1 is 0.369 bits per heavy atom. The molecule has 4 aromatic carbocycles. The van der Waals surface area contributed by atoms with E-state index in [9.17, 15) is 94.2 Å². The molecule has 0 aliphatic heterocycles. The number of alkyl halides is 16. The van der Waals surface area contributed by atoms with Crippen LogP contribution in [0.5, 0.6) is 0 Å². The van der Waals surface area contributed by atoms with E-state index in [0.717, 1.165) is 80.6 Å². The van der Waals surface area contributed by atoms with Crippen LogP contribution < -0.4 is 0 Å². The molecule has 103 heavy (non-hydrogen) atoms. The van der Waals surface area contributed by atoms with Gasteiger partial charge in [-0.25, -0.2) is 0 Å². The number of rotatable bonds is 21. The lowest BCUT2D eigenvalue weighted by molar-refractivity contribution is -0.187. The van der Waals surface area contributed by atoms with Gasteiger partial charge in [-0.15, -0.1) is 0 Å². The molecule has 0 N–H and O–H groups in total. The van der Waals surface area contributed by atoms with Crippen molar-refractivity contribution in [2.24, 2.45) is 38.9 Å². The van der Waals surface area contributed by atoms with E-state index in [1.165, 1.54) is 62.4 Å². The Labute approximate surface area is 600 Å². The Morgan fingerprint density at radius 3 is 0.893 bits per heavy atom. The fraction of sp³-hybridized carbons (Fsp3) is 0.623. The first-order chi connectivity index (χ1) is 47.0. The molecule has 592 valence electrons. The van der Waals surface area contributed by atoms with Gasteiger partial charge in [-0.3, -0.25) is 28.4 Å². The highest BCUT2D eigenvalue weighted by Gasteiger charge is 2.43. The maximum Gasteiger partial charge on any atom is 0.416 e. The predicted octanol–water partition coefficient (Wildman–Crippen LogP) is 23.7. The van der Waals surface area contributed by atoms with Crippen LogP contribution in [0.1, 0.15) is 217 Å². The van der Waals surface area contributed by atoms with E-state index in [-0.39, 0.29) is 101 Å². The van der Waals surface area contributed by atoms with Gasteiger partial charge >= 0.3 is 54.8 Å². The standard InChI is InChI=1S/C16H21F3O2.C14H23F3O2.C9H18O2.2C8H16O2.3C7H5F3.CH3F/c1-4-15(2,3)11-21-14(20)10-7-12-5-8-13(9-6-12)16(17,18)19;1-4-13(2,3)9-19-12(18)10-5-7-11(8-6-10)14(15,16)17;1-5-9(3,4)7-11-6-8(2)10;2*1-5-8(3,4)6-10-7(2)9;3*8-7(9,10)6-4-2-1-3-5-6;1-2/h5-6,8-9H,4,7,10-11H2,1-3H3;10-11H,4-9H2,1-3H3;5-7H2,1-4H3;2*5-6H2,1-4H3;3*1-5H;1H3. The number of aryl methyl sites for hydroxylation is 1. The first-order valence-electron chi connectivity index (χ1n) is 33.7. The molecule has 0 aromatic heterocycles. The summed E-state index contributed by atoms with van der Waals surface area (Å²) in [5, 5.41) is 0. The first kappa shape index (κ1) is 103. The second-order valence-electron chi connectivity index (χ2n) is 28.0. The lowest BCUT2D eigenvalue weighted by atomic mass is 9.81. The first-order valence-corrected chi connectivity index (χ1v) is 33.7. The quantitative estimate of drug-likeness (QED) is 0.0451. The average molecular weight is 1500 g/mol. The van der Waals surface area contributed by atoms with Crippen LogP contribution in [0.4, 0.5) is 70.2 Å². The third-order valence-electron chi connectivity index (χ3n) is 15.9. The van der Waals surface area contributed by atoms with Gasteiger partial charge in [0.25, 0.3) is 0 Å². The summed E-state index contributed by atoms with van der Waals surface area (Å²) in [4.78, 5) is 54.7. The van der Waals surface area contributed by atoms with Crippen LogP contribution >= 0.6 is 0 Å². The van der Waals surface area contributed by atoms with Crippen LogP contribution in [0, 0.1) is 38.9 Å². The molecule has 4 aromatic rings. The van der Waals surface area contributed by atoms with Gasteiger partial charge in [-0.1, -0.05) is 207 Å². The number of carbonyl (C=O) groups is 5. The van der Waals surface area contributed by atoms with Crippen molar-refractivity contribution in [1.29, 1.82) is 0 Å². The molecule has 26 heteroatoms. The van der Waals surface area contributed by atoms with Crippen LogP contribution in [-0.4, -0.2) is 82.7 Å². The fourth-order valence-electron chi connectivity index (χ4n) is 6.95.